The van der Waals surface area contributed by atoms with Crippen LogP contribution in [-0.4, -0.2) is 20.6 Å². The number of halogens is 1. The Morgan fingerprint density at radius 3 is 2.67 bits per heavy atom. The monoisotopic (exact) mass is 442 g/mol. The largest absolute Gasteiger partial charge is 0.481 e. The summed E-state index contributed by atoms with van der Waals surface area (Å²) in [6, 6.07) is 11.7. The third-order valence-corrected chi connectivity index (χ3v) is 6.57. The Morgan fingerprint density at radius 2 is 2.03 bits per heavy atom. The number of aliphatic carboxylic acids is 1. The molecule has 2 heterocycles. The van der Waals surface area contributed by atoms with Gasteiger partial charge in [0.25, 0.3) is 0 Å². The maximum absolute atomic E-state index is 12.0. The first-order chi connectivity index (χ1) is 14.3. The van der Waals surface area contributed by atoms with E-state index in [2.05, 4.69) is 16.5 Å². The van der Waals surface area contributed by atoms with Crippen molar-refractivity contribution in [2.75, 3.05) is 0 Å². The highest BCUT2D eigenvalue weighted by atomic mass is 35.5. The number of hydrogen-bond acceptors (Lipinski definition) is 3. The van der Waals surface area contributed by atoms with Gasteiger partial charge in [-0.05, 0) is 55.0 Å². The predicted molar refractivity (Wildman–Crippen MR) is 125 cm³/mol. The lowest BCUT2D eigenvalue weighted by atomic mass is 9.82. The lowest BCUT2D eigenvalue weighted by Crippen LogP contribution is -2.25. The first-order valence-electron chi connectivity index (χ1n) is 10.1. The predicted octanol–water partition coefficient (Wildman–Crippen LogP) is 6.64. The average Bonchev–Trinajstić information content (AvgIpc) is 3.36. The maximum atomic E-state index is 12.0. The van der Waals surface area contributed by atoms with Crippen LogP contribution in [0.5, 0.6) is 0 Å². The van der Waals surface area contributed by atoms with Gasteiger partial charge in [0.15, 0.2) is 0 Å². The van der Waals surface area contributed by atoms with E-state index in [4.69, 9.17) is 11.6 Å². The highest BCUT2D eigenvalue weighted by molar-refractivity contribution is 7.11. The molecule has 0 spiro atoms. The molecular formula is C24H27ClN2O2S. The molecule has 3 aromatic rings. The van der Waals surface area contributed by atoms with Crippen LogP contribution in [0.25, 0.3) is 11.6 Å². The zero-order chi connectivity index (χ0) is 21.7. The summed E-state index contributed by atoms with van der Waals surface area (Å²) in [5, 5.41) is 12.6. The Labute approximate surface area is 186 Å². The number of aryl methyl sites for hydroxylation is 1. The number of carboxylic acid groups (broad SMARTS) is 1. The summed E-state index contributed by atoms with van der Waals surface area (Å²) in [6.45, 7) is 6.24. The molecule has 6 heteroatoms. The molecule has 0 saturated heterocycles. The fraction of sp³-hybridized carbons (Fsp3) is 0.333. The molecule has 158 valence electrons. The van der Waals surface area contributed by atoms with Crippen molar-refractivity contribution in [1.29, 1.82) is 0 Å². The lowest BCUT2D eigenvalue weighted by molar-refractivity contribution is -0.143. The van der Waals surface area contributed by atoms with Crippen molar-refractivity contribution in [3.05, 3.63) is 75.0 Å². The van der Waals surface area contributed by atoms with Gasteiger partial charge in [-0.25, -0.2) is 4.98 Å². The number of thiophene rings is 1. The van der Waals surface area contributed by atoms with Crippen molar-refractivity contribution in [2.45, 2.75) is 46.6 Å². The van der Waals surface area contributed by atoms with Gasteiger partial charge in [-0.2, -0.15) is 0 Å². The first kappa shape index (κ1) is 22.3. The van der Waals surface area contributed by atoms with Crippen LogP contribution in [0.15, 0.2) is 48.0 Å². The summed E-state index contributed by atoms with van der Waals surface area (Å²) in [5.41, 5.74) is 1.64. The van der Waals surface area contributed by atoms with Gasteiger partial charge in [0.05, 0.1) is 23.9 Å². The second kappa shape index (κ2) is 9.63. The Bertz CT molecular complexity index is 1040. The molecule has 0 bridgehead atoms. The molecule has 1 aromatic carbocycles. The molecule has 1 N–H and O–H groups in total. The van der Waals surface area contributed by atoms with Crippen LogP contribution < -0.4 is 0 Å². The molecule has 0 saturated carbocycles. The van der Waals surface area contributed by atoms with E-state index in [9.17, 15) is 9.90 Å². The quantitative estimate of drug-likeness (QED) is 0.404. The molecule has 3 rings (SSSR count). The van der Waals surface area contributed by atoms with Crippen LogP contribution in [0.3, 0.4) is 0 Å². The van der Waals surface area contributed by atoms with E-state index in [-0.39, 0.29) is 0 Å². The minimum atomic E-state index is -1.03. The van der Waals surface area contributed by atoms with Crippen LogP contribution in [-0.2, 0) is 17.8 Å². The van der Waals surface area contributed by atoms with Gasteiger partial charge < -0.3 is 9.67 Å². The molecule has 0 radical (unpaired) electrons. The van der Waals surface area contributed by atoms with E-state index in [0.717, 1.165) is 46.8 Å². The molecule has 4 nitrogen and oxygen atoms in total. The van der Waals surface area contributed by atoms with Crippen molar-refractivity contribution in [2.24, 2.45) is 5.41 Å². The summed E-state index contributed by atoms with van der Waals surface area (Å²) < 4.78 is 2.16. The Morgan fingerprint density at radius 1 is 1.27 bits per heavy atom. The smallest absolute Gasteiger partial charge is 0.313 e. The molecule has 0 aliphatic carbocycles. The minimum Gasteiger partial charge on any atom is -0.481 e. The molecule has 0 atom stereocenters. The van der Waals surface area contributed by atoms with Gasteiger partial charge >= 0.3 is 5.97 Å². The normalized spacial score (nSPS) is 12.3. The molecular weight excluding hydrogens is 416 g/mol. The second-order valence-electron chi connectivity index (χ2n) is 7.85. The summed E-state index contributed by atoms with van der Waals surface area (Å²) in [5.74, 6) is 0.132. The number of imidazole rings is 1. The summed E-state index contributed by atoms with van der Waals surface area (Å²) >= 11 is 7.97. The standard InChI is InChI=1S/C24H27ClN2O2S/c1-4-5-12-22-26-15-18(27(22)16-17-9-6-7-10-20(17)25)14-19(21-11-8-13-30-21)24(2,3)23(28)29/h6-11,13-15H,4-5,12,16H2,1-3H3,(H,28,29). The molecule has 30 heavy (non-hydrogen) atoms. The number of unbranched alkanes of at least 4 members (excludes halogenated alkanes) is 1. The SMILES string of the molecule is CCCCc1ncc(C=C(c2cccs2)C(C)(C)C(=O)O)n1Cc1ccccc1Cl. The maximum Gasteiger partial charge on any atom is 0.313 e. The molecule has 0 fully saturated rings. The van der Waals surface area contributed by atoms with Gasteiger partial charge in [0.2, 0.25) is 0 Å². The van der Waals surface area contributed by atoms with Crippen molar-refractivity contribution in [1.82, 2.24) is 9.55 Å². The number of aromatic nitrogens is 2. The number of rotatable bonds is 9. The minimum absolute atomic E-state index is 0.593. The van der Waals surface area contributed by atoms with E-state index in [1.807, 2.05) is 54.1 Å². The molecule has 0 amide bonds. The Kier molecular flexibility index (Phi) is 7.16. The van der Waals surface area contributed by atoms with E-state index in [1.54, 1.807) is 25.2 Å². The number of hydrogen-bond donors (Lipinski definition) is 1. The van der Waals surface area contributed by atoms with Crippen molar-refractivity contribution in [3.8, 4) is 0 Å². The highest BCUT2D eigenvalue weighted by Gasteiger charge is 2.33. The molecule has 0 aliphatic heterocycles. The third-order valence-electron chi connectivity index (χ3n) is 5.30. The third kappa shape index (κ3) is 4.85. The first-order valence-corrected chi connectivity index (χ1v) is 11.4. The Hall–Kier alpha value is -2.37. The van der Waals surface area contributed by atoms with Crippen molar-refractivity contribution >= 4 is 40.6 Å². The summed E-state index contributed by atoms with van der Waals surface area (Å²) in [4.78, 5) is 17.7. The van der Waals surface area contributed by atoms with Gasteiger partial charge in [-0.3, -0.25) is 4.79 Å². The number of nitrogens with zero attached hydrogens (tertiary/aromatic N) is 2. The topological polar surface area (TPSA) is 55.1 Å². The second-order valence-corrected chi connectivity index (χ2v) is 9.20. The van der Waals surface area contributed by atoms with E-state index in [1.165, 1.54) is 0 Å². The number of carbonyl (C=O) groups is 1. The number of benzene rings is 1. The zero-order valence-electron chi connectivity index (χ0n) is 17.6. The highest BCUT2D eigenvalue weighted by Crippen LogP contribution is 2.39. The fourth-order valence-corrected chi connectivity index (χ4v) is 4.41. The van der Waals surface area contributed by atoms with Gasteiger partial charge in [-0.15, -0.1) is 11.3 Å². The fourth-order valence-electron chi connectivity index (χ4n) is 3.31. The van der Waals surface area contributed by atoms with Crippen LogP contribution in [0.2, 0.25) is 5.02 Å². The zero-order valence-corrected chi connectivity index (χ0v) is 19.1. The average molecular weight is 443 g/mol. The molecule has 0 unspecified atom stereocenters. The van der Waals surface area contributed by atoms with Gasteiger partial charge in [0, 0.05) is 16.3 Å². The lowest BCUT2D eigenvalue weighted by Gasteiger charge is -2.23. The van der Waals surface area contributed by atoms with Crippen LogP contribution in [0.1, 0.15) is 55.6 Å². The van der Waals surface area contributed by atoms with Crippen molar-refractivity contribution < 1.29 is 9.90 Å². The molecule has 0 aliphatic rings. The van der Waals surface area contributed by atoms with Crippen LogP contribution >= 0.6 is 22.9 Å². The van der Waals surface area contributed by atoms with E-state index in [0.29, 0.717) is 11.6 Å². The van der Waals surface area contributed by atoms with E-state index < -0.39 is 11.4 Å². The van der Waals surface area contributed by atoms with Gasteiger partial charge in [0.1, 0.15) is 5.82 Å². The van der Waals surface area contributed by atoms with Crippen LogP contribution in [0.4, 0.5) is 0 Å². The molecule has 2 aromatic heterocycles. The van der Waals surface area contributed by atoms with Crippen LogP contribution in [0, 0.1) is 5.41 Å². The Balaban J connectivity index is 2.12. The summed E-state index contributed by atoms with van der Waals surface area (Å²) in [6.07, 6.45) is 6.80. The summed E-state index contributed by atoms with van der Waals surface area (Å²) in [7, 11) is 0. The van der Waals surface area contributed by atoms with Gasteiger partial charge in [-0.1, -0.05) is 49.2 Å². The number of carboxylic acids is 1. The van der Waals surface area contributed by atoms with E-state index >= 15 is 0 Å². The van der Waals surface area contributed by atoms with Crippen molar-refractivity contribution in [3.63, 3.8) is 0 Å².